The molecule has 8 nitrogen and oxygen atoms in total. The van der Waals surface area contributed by atoms with Crippen LogP contribution in [0.25, 0.3) is 0 Å². The van der Waals surface area contributed by atoms with Crippen LogP contribution in [-0.4, -0.2) is 51.4 Å². The fraction of sp³-hybridized carbons (Fsp3) is 0.310. The van der Waals surface area contributed by atoms with Gasteiger partial charge in [0.15, 0.2) is 0 Å². The van der Waals surface area contributed by atoms with E-state index in [1.54, 1.807) is 56.3 Å². The van der Waals surface area contributed by atoms with E-state index in [9.17, 15) is 18.0 Å². The number of sulfonamides is 1. The second-order valence-electron chi connectivity index (χ2n) is 9.11. The Balaban J connectivity index is 2.12. The van der Waals surface area contributed by atoms with E-state index in [-0.39, 0.29) is 33.8 Å². The number of hydrogen-bond acceptors (Lipinski definition) is 5. The van der Waals surface area contributed by atoms with Crippen LogP contribution in [0.15, 0.2) is 71.6 Å². The molecule has 0 aliphatic heterocycles. The Kier molecular flexibility index (Phi) is 10.8. The molecular formula is C29H33Cl2N3O5S. The highest BCUT2D eigenvalue weighted by atomic mass is 35.5. The molecule has 0 radical (unpaired) electrons. The molecule has 40 heavy (non-hydrogen) atoms. The Labute approximate surface area is 245 Å². The maximum Gasteiger partial charge on any atom is 0.264 e. The number of ether oxygens (including phenoxy) is 1. The highest BCUT2D eigenvalue weighted by molar-refractivity contribution is 7.92. The Morgan fingerprint density at radius 2 is 1.57 bits per heavy atom. The maximum absolute atomic E-state index is 14.1. The summed E-state index contributed by atoms with van der Waals surface area (Å²) in [6, 6.07) is 16.9. The number of aryl methyl sites for hydroxylation is 1. The predicted molar refractivity (Wildman–Crippen MR) is 158 cm³/mol. The number of carbonyl (C=O) groups excluding carboxylic acids is 2. The number of rotatable bonds is 12. The summed E-state index contributed by atoms with van der Waals surface area (Å²) in [5.74, 6) is -0.695. The molecule has 0 heterocycles. The number of carbonyl (C=O) groups is 2. The molecule has 3 aromatic carbocycles. The van der Waals surface area contributed by atoms with Crippen LogP contribution in [-0.2, 0) is 26.2 Å². The summed E-state index contributed by atoms with van der Waals surface area (Å²) in [6.07, 6.45) is 0.316. The van der Waals surface area contributed by atoms with E-state index in [0.717, 1.165) is 15.4 Å². The number of likely N-dealkylation sites (N-methyl/N-ethyl adjacent to an activating group) is 1. The molecule has 3 rings (SSSR count). The van der Waals surface area contributed by atoms with Gasteiger partial charge in [-0.05, 0) is 68.3 Å². The lowest BCUT2D eigenvalue weighted by atomic mass is 10.1. The van der Waals surface area contributed by atoms with E-state index >= 15 is 0 Å². The van der Waals surface area contributed by atoms with Gasteiger partial charge in [0, 0.05) is 23.1 Å². The van der Waals surface area contributed by atoms with Gasteiger partial charge in [-0.25, -0.2) is 8.42 Å². The molecule has 0 fully saturated rings. The minimum atomic E-state index is -4.26. The number of hydrogen-bond donors (Lipinski definition) is 1. The van der Waals surface area contributed by atoms with Crippen molar-refractivity contribution in [2.45, 2.75) is 44.7 Å². The largest absolute Gasteiger partial charge is 0.495 e. The highest BCUT2D eigenvalue weighted by Crippen LogP contribution is 2.35. The second-order valence-corrected chi connectivity index (χ2v) is 11.8. The third kappa shape index (κ3) is 7.47. The molecule has 0 aliphatic carbocycles. The van der Waals surface area contributed by atoms with Crippen LogP contribution in [0.3, 0.4) is 0 Å². The van der Waals surface area contributed by atoms with Crippen molar-refractivity contribution in [2.75, 3.05) is 24.5 Å². The zero-order valence-corrected chi connectivity index (χ0v) is 25.2. The first-order valence-electron chi connectivity index (χ1n) is 12.8. The van der Waals surface area contributed by atoms with Gasteiger partial charge in [-0.1, -0.05) is 60.0 Å². The predicted octanol–water partition coefficient (Wildman–Crippen LogP) is 5.45. The third-order valence-electron chi connectivity index (χ3n) is 6.30. The summed E-state index contributed by atoms with van der Waals surface area (Å²) in [7, 11) is -2.86. The van der Waals surface area contributed by atoms with Gasteiger partial charge < -0.3 is 15.0 Å². The fourth-order valence-electron chi connectivity index (χ4n) is 4.21. The van der Waals surface area contributed by atoms with Crippen molar-refractivity contribution in [1.82, 2.24) is 10.2 Å². The molecule has 1 N–H and O–H groups in total. The van der Waals surface area contributed by atoms with Gasteiger partial charge in [0.05, 0.1) is 17.7 Å². The van der Waals surface area contributed by atoms with E-state index in [2.05, 4.69) is 5.32 Å². The standard InChI is InChI=1S/C29H33Cl2N3O5S/c1-5-25(29(36)32-6-2)33(18-21-9-11-22(30)12-10-21)28(35)19-34(26-17-23(31)13-16-27(26)39-4)40(37,38)24-14-7-20(3)8-15-24/h7-17,25H,5-6,18-19H2,1-4H3,(H,32,36)/t25-/m1/s1. The van der Waals surface area contributed by atoms with E-state index in [1.165, 1.54) is 36.3 Å². The van der Waals surface area contributed by atoms with E-state index in [0.29, 0.717) is 18.0 Å². The Morgan fingerprint density at radius 1 is 0.950 bits per heavy atom. The molecule has 3 aromatic rings. The van der Waals surface area contributed by atoms with Crippen LogP contribution in [0.4, 0.5) is 5.69 Å². The summed E-state index contributed by atoms with van der Waals surface area (Å²) in [5, 5.41) is 3.57. The Morgan fingerprint density at radius 3 is 2.15 bits per heavy atom. The molecular weight excluding hydrogens is 573 g/mol. The van der Waals surface area contributed by atoms with Crippen molar-refractivity contribution < 1.29 is 22.7 Å². The number of nitrogens with one attached hydrogen (secondary N) is 1. The number of amides is 2. The first kappa shape index (κ1) is 31.3. The van der Waals surface area contributed by atoms with Gasteiger partial charge in [-0.3, -0.25) is 13.9 Å². The summed E-state index contributed by atoms with van der Waals surface area (Å²) in [4.78, 5) is 28.5. The Bertz CT molecular complexity index is 1430. The molecule has 0 saturated carbocycles. The molecule has 0 unspecified atom stereocenters. The van der Waals surface area contributed by atoms with Crippen molar-refractivity contribution in [3.05, 3.63) is 87.9 Å². The lowest BCUT2D eigenvalue weighted by Crippen LogP contribution is -2.52. The first-order valence-corrected chi connectivity index (χ1v) is 15.0. The summed E-state index contributed by atoms with van der Waals surface area (Å²) in [5.41, 5.74) is 1.71. The van der Waals surface area contributed by atoms with Crippen LogP contribution in [0.1, 0.15) is 31.4 Å². The van der Waals surface area contributed by atoms with Gasteiger partial charge in [0.2, 0.25) is 11.8 Å². The average Bonchev–Trinajstić information content (AvgIpc) is 2.92. The number of nitrogens with zero attached hydrogens (tertiary/aromatic N) is 2. The molecule has 2 amide bonds. The van der Waals surface area contributed by atoms with E-state index in [4.69, 9.17) is 27.9 Å². The van der Waals surface area contributed by atoms with Crippen molar-refractivity contribution in [2.24, 2.45) is 0 Å². The van der Waals surface area contributed by atoms with Crippen LogP contribution in [0.2, 0.25) is 10.0 Å². The van der Waals surface area contributed by atoms with Gasteiger partial charge in [-0.2, -0.15) is 0 Å². The zero-order chi connectivity index (χ0) is 29.4. The van der Waals surface area contributed by atoms with Gasteiger partial charge in [0.25, 0.3) is 10.0 Å². The lowest BCUT2D eigenvalue weighted by Gasteiger charge is -2.33. The minimum absolute atomic E-state index is 0.00653. The normalized spacial score (nSPS) is 11.9. The smallest absolute Gasteiger partial charge is 0.264 e. The molecule has 0 spiro atoms. The second kappa shape index (κ2) is 13.9. The summed E-state index contributed by atoms with van der Waals surface area (Å²) >= 11 is 12.3. The maximum atomic E-state index is 14.1. The molecule has 0 bridgehead atoms. The molecule has 11 heteroatoms. The van der Waals surface area contributed by atoms with Gasteiger partial charge >= 0.3 is 0 Å². The third-order valence-corrected chi connectivity index (χ3v) is 8.56. The SMILES string of the molecule is CCNC(=O)[C@@H](CC)N(Cc1ccc(Cl)cc1)C(=O)CN(c1cc(Cl)ccc1OC)S(=O)(=O)c1ccc(C)cc1. The lowest BCUT2D eigenvalue weighted by molar-refractivity contribution is -0.140. The van der Waals surface area contributed by atoms with Crippen LogP contribution in [0.5, 0.6) is 5.75 Å². The quantitative estimate of drug-likeness (QED) is 0.296. The van der Waals surface area contributed by atoms with E-state index < -0.39 is 28.5 Å². The number of methoxy groups -OCH3 is 1. The molecule has 0 saturated heterocycles. The Hall–Kier alpha value is -3.27. The topological polar surface area (TPSA) is 96.0 Å². The highest BCUT2D eigenvalue weighted by Gasteiger charge is 2.34. The summed E-state index contributed by atoms with van der Waals surface area (Å²) < 4.78 is 34.5. The molecule has 214 valence electrons. The van der Waals surface area contributed by atoms with Crippen LogP contribution < -0.4 is 14.4 Å². The monoisotopic (exact) mass is 605 g/mol. The number of anilines is 1. The average molecular weight is 607 g/mol. The van der Waals surface area contributed by atoms with Crippen molar-refractivity contribution in [3.8, 4) is 5.75 Å². The zero-order valence-electron chi connectivity index (χ0n) is 22.9. The van der Waals surface area contributed by atoms with Gasteiger partial charge in [-0.15, -0.1) is 0 Å². The fourth-order valence-corrected chi connectivity index (χ4v) is 5.92. The molecule has 0 aliphatic rings. The van der Waals surface area contributed by atoms with Crippen molar-refractivity contribution in [3.63, 3.8) is 0 Å². The van der Waals surface area contributed by atoms with Crippen molar-refractivity contribution in [1.29, 1.82) is 0 Å². The summed E-state index contributed by atoms with van der Waals surface area (Å²) in [6.45, 7) is 5.28. The van der Waals surface area contributed by atoms with Crippen molar-refractivity contribution >= 4 is 50.7 Å². The minimum Gasteiger partial charge on any atom is -0.495 e. The van der Waals surface area contributed by atoms with Gasteiger partial charge in [0.1, 0.15) is 18.3 Å². The number of benzene rings is 3. The molecule has 1 atom stereocenters. The first-order chi connectivity index (χ1) is 19.0. The van der Waals surface area contributed by atoms with E-state index in [1.807, 2.05) is 6.92 Å². The van der Waals surface area contributed by atoms with Crippen LogP contribution >= 0.6 is 23.2 Å². The number of halogens is 2. The van der Waals surface area contributed by atoms with Crippen LogP contribution in [0, 0.1) is 6.92 Å². The molecule has 0 aromatic heterocycles.